The van der Waals surface area contributed by atoms with Crippen molar-refractivity contribution >= 4 is 29.7 Å². The Labute approximate surface area is 198 Å². The predicted octanol–water partition coefficient (Wildman–Crippen LogP) is 0.946. The molecule has 11 nitrogen and oxygen atoms in total. The third-order valence-corrected chi connectivity index (χ3v) is 6.76. The maximum atomic E-state index is 15.6. The lowest BCUT2D eigenvalue weighted by molar-refractivity contribution is -0.153. The molecule has 3 aliphatic rings. The topological polar surface area (TPSA) is 131 Å². The number of barbiturate groups is 1. The Balaban J connectivity index is 1.68. The van der Waals surface area contributed by atoms with Crippen molar-refractivity contribution in [2.75, 3.05) is 11.4 Å². The molecule has 1 spiro atoms. The van der Waals surface area contributed by atoms with Crippen LogP contribution in [0.15, 0.2) is 11.2 Å². The molecule has 3 atom stereocenters. The number of aromatic nitrogens is 3. The number of urea groups is 1. The van der Waals surface area contributed by atoms with E-state index < -0.39 is 47.0 Å². The second-order valence-electron chi connectivity index (χ2n) is 9.09. The Morgan fingerprint density at radius 2 is 1.74 bits per heavy atom. The first-order chi connectivity index (χ1) is 16.5. The summed E-state index contributed by atoms with van der Waals surface area (Å²) >= 11 is 0. The number of nitrogens with one attached hydrogen (secondary N) is 2. The van der Waals surface area contributed by atoms with Gasteiger partial charge in [-0.25, -0.2) is 18.3 Å². The van der Waals surface area contributed by atoms with Crippen molar-refractivity contribution in [3.63, 3.8) is 0 Å². The molecule has 0 aliphatic carbocycles. The largest absolute Gasteiger partial charge is 0.372 e. The summed E-state index contributed by atoms with van der Waals surface area (Å²) in [6, 6.07) is -0.528. The van der Waals surface area contributed by atoms with Gasteiger partial charge in [-0.15, -0.1) is 10.2 Å². The number of nitrogens with zero attached hydrogens (tertiary/aromatic N) is 5. The summed E-state index contributed by atoms with van der Waals surface area (Å²) < 4.78 is 38.1. The van der Waals surface area contributed by atoms with Crippen LogP contribution in [0, 0.1) is 30.9 Å². The van der Waals surface area contributed by atoms with Crippen molar-refractivity contribution in [2.45, 2.75) is 52.4 Å². The van der Waals surface area contributed by atoms with Crippen LogP contribution in [0.25, 0.3) is 0 Å². The van der Waals surface area contributed by atoms with E-state index in [0.29, 0.717) is 11.6 Å². The lowest BCUT2D eigenvalue weighted by Gasteiger charge is -2.55. The molecule has 1 aromatic heterocycles. The fourth-order valence-electron chi connectivity index (χ4n) is 5.40. The molecular weight excluding hydrogens is 464 g/mol. The summed E-state index contributed by atoms with van der Waals surface area (Å²) in [6.07, 6.45) is -0.209. The Morgan fingerprint density at radius 3 is 2.37 bits per heavy atom. The number of aryl methyl sites for hydroxylation is 2. The van der Waals surface area contributed by atoms with E-state index in [1.807, 2.05) is 0 Å². The minimum Gasteiger partial charge on any atom is -0.372 e. The van der Waals surface area contributed by atoms with Crippen LogP contribution in [0.4, 0.5) is 19.3 Å². The molecule has 4 amide bonds. The van der Waals surface area contributed by atoms with E-state index in [2.05, 4.69) is 25.9 Å². The molecule has 184 valence electrons. The first kappa shape index (κ1) is 23.0. The number of fused-ring (bicyclic) bond motifs is 4. The van der Waals surface area contributed by atoms with Crippen LogP contribution in [0.2, 0.25) is 0 Å². The van der Waals surface area contributed by atoms with Gasteiger partial charge in [-0.1, -0.05) is 0 Å². The van der Waals surface area contributed by atoms with Crippen molar-refractivity contribution in [1.29, 1.82) is 0 Å². The van der Waals surface area contributed by atoms with Gasteiger partial charge in [-0.05, 0) is 39.3 Å². The minimum atomic E-state index is -1.79. The maximum absolute atomic E-state index is 15.6. The van der Waals surface area contributed by atoms with Gasteiger partial charge in [-0.2, -0.15) is 5.10 Å². The highest BCUT2D eigenvalue weighted by Crippen LogP contribution is 2.48. The molecule has 1 aromatic carbocycles. The van der Waals surface area contributed by atoms with Crippen molar-refractivity contribution in [3.8, 4) is 0 Å². The molecule has 0 bridgehead atoms. The van der Waals surface area contributed by atoms with E-state index in [1.54, 1.807) is 27.7 Å². The van der Waals surface area contributed by atoms with Crippen LogP contribution in [0.5, 0.6) is 0 Å². The van der Waals surface area contributed by atoms with E-state index >= 15 is 8.78 Å². The summed E-state index contributed by atoms with van der Waals surface area (Å²) in [4.78, 5) is 39.7. The molecule has 2 N–H and O–H groups in total. The third-order valence-electron chi connectivity index (χ3n) is 6.76. The molecule has 0 saturated carbocycles. The zero-order valence-corrected chi connectivity index (χ0v) is 19.4. The molecule has 2 fully saturated rings. The number of benzene rings is 1. The number of imide groups is 2. The molecular formula is C22H23F2N7O4. The summed E-state index contributed by atoms with van der Waals surface area (Å²) in [5.41, 5.74) is -1.77. The standard InChI is InChI=1S/C22H23F2N7O4/c1-9-8-30-17-13(5-14(15(23)16(17)24)7-25-31-11(3)28-29-12(31)4)6-22(18(30)10(2)35-9)19(32)26-21(34)27-20(22)33/h5,7,9-10,18H,6,8H2,1-4H3,(H2,26,27,32,33,34)/t9-,10+,18-/m1/s1. The van der Waals surface area contributed by atoms with Gasteiger partial charge in [0.2, 0.25) is 11.8 Å². The molecule has 35 heavy (non-hydrogen) atoms. The average molecular weight is 487 g/mol. The number of amides is 4. The zero-order valence-electron chi connectivity index (χ0n) is 19.4. The highest BCUT2D eigenvalue weighted by molar-refractivity contribution is 6.20. The van der Waals surface area contributed by atoms with Crippen LogP contribution >= 0.6 is 0 Å². The van der Waals surface area contributed by atoms with Gasteiger partial charge in [0.25, 0.3) is 0 Å². The number of rotatable bonds is 2. The van der Waals surface area contributed by atoms with Gasteiger partial charge in [0.15, 0.2) is 28.7 Å². The normalized spacial score (nSPS) is 25.5. The van der Waals surface area contributed by atoms with Crippen LogP contribution in [0.1, 0.15) is 36.6 Å². The van der Waals surface area contributed by atoms with Crippen molar-refractivity contribution in [3.05, 3.63) is 40.5 Å². The van der Waals surface area contributed by atoms with Crippen molar-refractivity contribution in [1.82, 2.24) is 25.5 Å². The Kier molecular flexibility index (Phi) is 5.20. The summed E-state index contributed by atoms with van der Waals surface area (Å²) in [5.74, 6) is -2.95. The van der Waals surface area contributed by atoms with E-state index in [-0.39, 0.29) is 35.9 Å². The summed E-state index contributed by atoms with van der Waals surface area (Å²) in [7, 11) is 0. The van der Waals surface area contributed by atoms with Crippen molar-refractivity contribution < 1.29 is 27.9 Å². The Hall–Kier alpha value is -3.74. The molecule has 4 heterocycles. The molecule has 2 aromatic rings. The highest BCUT2D eigenvalue weighted by atomic mass is 19.2. The van der Waals surface area contributed by atoms with Gasteiger partial charge < -0.3 is 9.64 Å². The summed E-state index contributed by atoms with van der Waals surface area (Å²) in [6.45, 7) is 6.86. The quantitative estimate of drug-likeness (QED) is 0.476. The smallest absolute Gasteiger partial charge is 0.328 e. The van der Waals surface area contributed by atoms with Gasteiger partial charge in [-0.3, -0.25) is 20.2 Å². The molecule has 3 aliphatic heterocycles. The van der Waals surface area contributed by atoms with E-state index in [0.717, 1.165) is 6.21 Å². The number of carbonyl (C=O) groups is 3. The van der Waals surface area contributed by atoms with Crippen molar-refractivity contribution in [2.24, 2.45) is 10.5 Å². The zero-order chi connectivity index (χ0) is 25.2. The maximum Gasteiger partial charge on any atom is 0.328 e. The van der Waals surface area contributed by atoms with Crippen LogP contribution < -0.4 is 15.5 Å². The molecule has 5 rings (SSSR count). The second kappa shape index (κ2) is 7.90. The van der Waals surface area contributed by atoms with Gasteiger partial charge >= 0.3 is 6.03 Å². The Morgan fingerprint density at radius 1 is 1.11 bits per heavy atom. The lowest BCUT2D eigenvalue weighted by atomic mass is 9.66. The fraction of sp³-hybridized carbons (Fsp3) is 0.455. The molecule has 13 heteroatoms. The van der Waals surface area contributed by atoms with E-state index in [4.69, 9.17) is 4.74 Å². The number of hydrogen-bond donors (Lipinski definition) is 2. The highest BCUT2D eigenvalue weighted by Gasteiger charge is 2.63. The van der Waals surface area contributed by atoms with Gasteiger partial charge in [0.1, 0.15) is 0 Å². The second-order valence-corrected chi connectivity index (χ2v) is 9.09. The van der Waals surface area contributed by atoms with Gasteiger partial charge in [0.05, 0.1) is 30.2 Å². The van der Waals surface area contributed by atoms with Crippen LogP contribution in [0.3, 0.4) is 0 Å². The molecule has 2 saturated heterocycles. The number of hydrogen-bond acceptors (Lipinski definition) is 8. The SMILES string of the molecule is Cc1nnc(C)n1N=Cc1cc2c(c(F)c1F)N1C[C@@H](C)O[C@@H](C)[C@@H]1C1(C2)C(=O)NC(=O)NC1=O. The number of halogens is 2. The summed E-state index contributed by atoms with van der Waals surface area (Å²) in [5, 5.41) is 16.2. The third kappa shape index (κ3) is 3.32. The molecule has 0 unspecified atom stereocenters. The monoisotopic (exact) mass is 487 g/mol. The molecule has 0 radical (unpaired) electrons. The Bertz CT molecular complexity index is 1270. The minimum absolute atomic E-state index is 0.0357. The van der Waals surface area contributed by atoms with E-state index in [9.17, 15) is 14.4 Å². The van der Waals surface area contributed by atoms with Crippen LogP contribution in [-0.2, 0) is 20.7 Å². The number of anilines is 1. The number of carbonyl (C=O) groups excluding carboxylic acids is 3. The average Bonchev–Trinajstić information content (AvgIpc) is 3.10. The fourth-order valence-corrected chi connectivity index (χ4v) is 5.40. The van der Waals surface area contributed by atoms with Gasteiger partial charge in [0, 0.05) is 18.5 Å². The first-order valence-corrected chi connectivity index (χ1v) is 11.1. The number of morpholine rings is 1. The predicted molar refractivity (Wildman–Crippen MR) is 118 cm³/mol. The number of ether oxygens (including phenoxy) is 1. The lowest BCUT2D eigenvalue weighted by Crippen LogP contribution is -2.75. The van der Waals surface area contributed by atoms with Crippen LogP contribution in [-0.4, -0.2) is 63.7 Å². The first-order valence-electron chi connectivity index (χ1n) is 11.1. The van der Waals surface area contributed by atoms with E-state index in [1.165, 1.54) is 15.6 Å².